The number of aryl methyl sites for hydroxylation is 1. The standard InChI is InChI=1S/C34H37N7O4S2/c1-20-31-24-16-25-19-41(21(2)23-10-11-23)33(43)30(25)28(17-24)47(44,45)39-26-12-8-22(9-13-26)18-40(3)15-5-14-35-32(42)27-6-4-7-29(37-27)38-34(36-20)46-31/h4,6-9,12-13,16-17,21,23,39H,5,10-11,14-15,18-19H2,1-3H3,(H,35,42)(H,36,37,38)/t21-/m0/s1. The maximum atomic E-state index is 14.1. The number of rotatable bonds is 2. The van der Waals surface area contributed by atoms with Crippen LogP contribution in [0.15, 0.2) is 59.5 Å². The van der Waals surface area contributed by atoms with Crippen LogP contribution in [0.1, 0.15) is 63.9 Å². The molecule has 4 aliphatic rings. The van der Waals surface area contributed by atoms with Crippen LogP contribution in [0.25, 0.3) is 10.4 Å². The van der Waals surface area contributed by atoms with E-state index < -0.39 is 10.0 Å². The van der Waals surface area contributed by atoms with Gasteiger partial charge in [0, 0.05) is 31.4 Å². The summed E-state index contributed by atoms with van der Waals surface area (Å²) in [5.74, 6) is 0.408. The molecule has 4 aromatic rings. The molecular formula is C34H37N7O4S2. The molecule has 2 amide bonds. The number of nitrogens with zero attached hydrogens (tertiary/aromatic N) is 4. The van der Waals surface area contributed by atoms with Gasteiger partial charge in [-0.2, -0.15) is 0 Å². The summed E-state index contributed by atoms with van der Waals surface area (Å²) < 4.78 is 31.0. The van der Waals surface area contributed by atoms with Gasteiger partial charge in [0.2, 0.25) is 0 Å². The molecule has 1 saturated carbocycles. The normalized spacial score (nSPS) is 19.0. The van der Waals surface area contributed by atoms with Crippen molar-refractivity contribution in [1.29, 1.82) is 0 Å². The molecule has 244 valence electrons. The van der Waals surface area contributed by atoms with Gasteiger partial charge < -0.3 is 20.4 Å². The van der Waals surface area contributed by atoms with E-state index in [1.54, 1.807) is 36.4 Å². The molecule has 0 radical (unpaired) electrons. The van der Waals surface area contributed by atoms with Crippen LogP contribution in [0.3, 0.4) is 0 Å². The third-order valence-corrected chi connectivity index (χ3v) is 11.5. The summed E-state index contributed by atoms with van der Waals surface area (Å²) in [6.45, 7) is 6.18. The van der Waals surface area contributed by atoms with Crippen molar-refractivity contribution >= 4 is 49.8 Å². The fourth-order valence-corrected chi connectivity index (χ4v) is 8.61. The molecular weight excluding hydrogens is 635 g/mol. The average Bonchev–Trinajstić information content (AvgIpc) is 3.76. The number of hydrogen-bond donors (Lipinski definition) is 3. The van der Waals surface area contributed by atoms with Crippen molar-refractivity contribution in [2.45, 2.75) is 57.1 Å². The van der Waals surface area contributed by atoms with Crippen molar-refractivity contribution in [1.82, 2.24) is 25.1 Å². The zero-order valence-electron chi connectivity index (χ0n) is 26.5. The van der Waals surface area contributed by atoms with Crippen molar-refractivity contribution in [3.8, 4) is 10.4 Å². The molecule has 3 aliphatic heterocycles. The minimum atomic E-state index is -4.15. The smallest absolute Gasteiger partial charge is 0.269 e. The summed E-state index contributed by atoms with van der Waals surface area (Å²) in [4.78, 5) is 40.6. The number of carbonyl (C=O) groups is 2. The molecule has 0 saturated heterocycles. The fourth-order valence-electron chi connectivity index (χ4n) is 6.32. The predicted molar refractivity (Wildman–Crippen MR) is 182 cm³/mol. The Morgan fingerprint density at radius 2 is 1.81 bits per heavy atom. The van der Waals surface area contributed by atoms with Gasteiger partial charge in [0.05, 0.1) is 16.1 Å². The Kier molecular flexibility index (Phi) is 8.23. The molecule has 0 spiro atoms. The van der Waals surface area contributed by atoms with E-state index in [0.717, 1.165) is 36.2 Å². The number of hydrogen-bond acceptors (Lipinski definition) is 9. The number of carbonyl (C=O) groups excluding carboxylic acids is 2. The summed E-state index contributed by atoms with van der Waals surface area (Å²) in [6, 6.07) is 16.0. The lowest BCUT2D eigenvalue weighted by molar-refractivity contribution is 0.0694. The number of pyridine rings is 1. The maximum Gasteiger partial charge on any atom is 0.269 e. The second kappa shape index (κ2) is 12.4. The van der Waals surface area contributed by atoms with Crippen molar-refractivity contribution in [2.24, 2.45) is 5.92 Å². The Morgan fingerprint density at radius 3 is 2.57 bits per heavy atom. The SMILES string of the molecule is Cc1nc2sc1-c1cc3c(c(c1)S(=O)(=O)Nc1ccc(cc1)CN(C)CCCNC(=O)c1cccc(n1)N2)C(=O)N([C@@H](C)C1CC1)C3. The van der Waals surface area contributed by atoms with Gasteiger partial charge in [-0.3, -0.25) is 14.3 Å². The van der Waals surface area contributed by atoms with Gasteiger partial charge >= 0.3 is 0 Å². The first-order valence-corrected chi connectivity index (χ1v) is 18.1. The minimum Gasteiger partial charge on any atom is -0.351 e. The van der Waals surface area contributed by atoms with E-state index in [0.29, 0.717) is 64.7 Å². The lowest BCUT2D eigenvalue weighted by Crippen LogP contribution is -2.35. The number of nitrogens with one attached hydrogen (secondary N) is 3. The fraction of sp³-hybridized carbons (Fsp3) is 0.353. The molecule has 8 rings (SSSR count). The third-order valence-electron chi connectivity index (χ3n) is 9.02. The molecule has 1 aliphatic carbocycles. The van der Waals surface area contributed by atoms with E-state index in [4.69, 9.17) is 4.98 Å². The third kappa shape index (κ3) is 6.47. The number of aromatic nitrogens is 2. The lowest BCUT2D eigenvalue weighted by atomic mass is 10.0. The van der Waals surface area contributed by atoms with Gasteiger partial charge in [0.15, 0.2) is 5.13 Å². The summed E-state index contributed by atoms with van der Waals surface area (Å²) in [5, 5.41) is 6.72. The van der Waals surface area contributed by atoms with Crippen LogP contribution in [0.5, 0.6) is 0 Å². The van der Waals surface area contributed by atoms with E-state index in [9.17, 15) is 18.0 Å². The molecule has 47 heavy (non-hydrogen) atoms. The van der Waals surface area contributed by atoms with E-state index in [2.05, 4.69) is 32.2 Å². The summed E-state index contributed by atoms with van der Waals surface area (Å²) in [5.41, 5.74) is 4.02. The number of thiazole rings is 1. The Morgan fingerprint density at radius 1 is 1.02 bits per heavy atom. The summed E-state index contributed by atoms with van der Waals surface area (Å²) >= 11 is 1.36. The molecule has 0 unspecified atom stereocenters. The number of sulfonamides is 1. The van der Waals surface area contributed by atoms with Gasteiger partial charge in [0.25, 0.3) is 21.8 Å². The number of anilines is 3. The lowest BCUT2D eigenvalue weighted by Gasteiger charge is -2.24. The van der Waals surface area contributed by atoms with Gasteiger partial charge in [0.1, 0.15) is 16.4 Å². The van der Waals surface area contributed by atoms with Gasteiger partial charge in [-0.1, -0.05) is 29.5 Å². The molecule has 13 heteroatoms. The maximum absolute atomic E-state index is 14.1. The molecule has 2 aromatic heterocycles. The minimum absolute atomic E-state index is 0.0270. The largest absolute Gasteiger partial charge is 0.351 e. The Bertz CT molecular complexity index is 1970. The van der Waals surface area contributed by atoms with E-state index in [-0.39, 0.29) is 28.3 Å². The Hall–Kier alpha value is -4.33. The molecule has 5 heterocycles. The van der Waals surface area contributed by atoms with Crippen LogP contribution < -0.4 is 15.4 Å². The second-order valence-electron chi connectivity index (χ2n) is 12.6. The van der Waals surface area contributed by atoms with E-state index in [1.165, 1.54) is 11.3 Å². The second-order valence-corrected chi connectivity index (χ2v) is 15.3. The van der Waals surface area contributed by atoms with Crippen molar-refractivity contribution < 1.29 is 18.0 Å². The molecule has 1 fully saturated rings. The summed E-state index contributed by atoms with van der Waals surface area (Å²) in [6.07, 6.45) is 2.89. The highest BCUT2D eigenvalue weighted by Gasteiger charge is 2.41. The molecule has 3 N–H and O–H groups in total. The van der Waals surface area contributed by atoms with Crippen LogP contribution in [0.2, 0.25) is 0 Å². The average molecular weight is 672 g/mol. The first-order valence-electron chi connectivity index (χ1n) is 15.8. The van der Waals surface area contributed by atoms with E-state index >= 15 is 0 Å². The number of fused-ring (bicyclic) bond motifs is 10. The van der Waals surface area contributed by atoms with Gasteiger partial charge in [-0.25, -0.2) is 18.4 Å². The first kappa shape index (κ1) is 31.3. The van der Waals surface area contributed by atoms with Crippen LogP contribution in [0.4, 0.5) is 16.6 Å². The van der Waals surface area contributed by atoms with Crippen LogP contribution in [0, 0.1) is 12.8 Å². The Balaban J connectivity index is 1.31. The zero-order valence-corrected chi connectivity index (χ0v) is 28.2. The van der Waals surface area contributed by atoms with Crippen LogP contribution in [-0.2, 0) is 23.1 Å². The van der Waals surface area contributed by atoms with Crippen molar-refractivity contribution in [3.05, 3.63) is 82.7 Å². The van der Waals surface area contributed by atoms with Crippen LogP contribution >= 0.6 is 11.3 Å². The van der Waals surface area contributed by atoms with Gasteiger partial charge in [-0.15, -0.1) is 0 Å². The highest BCUT2D eigenvalue weighted by Crippen LogP contribution is 2.42. The van der Waals surface area contributed by atoms with Crippen LogP contribution in [-0.4, -0.2) is 66.2 Å². The monoisotopic (exact) mass is 671 g/mol. The molecule has 11 nitrogen and oxygen atoms in total. The van der Waals surface area contributed by atoms with Crippen molar-refractivity contribution in [3.63, 3.8) is 0 Å². The molecule has 1 atom stereocenters. The summed E-state index contributed by atoms with van der Waals surface area (Å²) in [7, 11) is -2.15. The highest BCUT2D eigenvalue weighted by molar-refractivity contribution is 7.92. The zero-order chi connectivity index (χ0) is 32.9. The number of amides is 2. The predicted octanol–water partition coefficient (Wildman–Crippen LogP) is 5.38. The molecule has 2 aromatic carbocycles. The molecule has 8 bridgehead atoms. The number of benzene rings is 2. The van der Waals surface area contributed by atoms with Crippen molar-refractivity contribution in [2.75, 3.05) is 30.2 Å². The Labute approximate surface area is 278 Å². The van der Waals surface area contributed by atoms with E-state index in [1.807, 2.05) is 37.1 Å². The van der Waals surface area contributed by atoms with Gasteiger partial charge in [-0.05, 0) is 106 Å². The quantitative estimate of drug-likeness (QED) is 0.259. The first-order chi connectivity index (χ1) is 22.6. The highest BCUT2D eigenvalue weighted by atomic mass is 32.2. The topological polar surface area (TPSA) is 137 Å².